The van der Waals surface area contributed by atoms with E-state index in [1.165, 1.54) is 22.3 Å². The molecule has 7 nitrogen and oxygen atoms in total. The summed E-state index contributed by atoms with van der Waals surface area (Å²) < 4.78 is 0. The van der Waals surface area contributed by atoms with Gasteiger partial charge in [0.15, 0.2) is 11.5 Å². The van der Waals surface area contributed by atoms with E-state index in [9.17, 15) is 20.4 Å². The largest absolute Gasteiger partial charge is 0.508 e. The van der Waals surface area contributed by atoms with Crippen molar-refractivity contribution >= 4 is 0 Å². The van der Waals surface area contributed by atoms with Crippen molar-refractivity contribution in [2.24, 2.45) is 0 Å². The Balaban J connectivity index is 0.000000136. The van der Waals surface area contributed by atoms with Crippen molar-refractivity contribution in [3.05, 3.63) is 81.4 Å². The van der Waals surface area contributed by atoms with E-state index < -0.39 is 0 Å². The summed E-state index contributed by atoms with van der Waals surface area (Å²) in [5.74, 6) is 0.734. The van der Waals surface area contributed by atoms with Crippen molar-refractivity contribution in [3.8, 4) is 23.0 Å². The molecule has 3 atom stereocenters. The Morgan fingerprint density at radius 1 is 0.641 bits per heavy atom. The van der Waals surface area contributed by atoms with Crippen molar-refractivity contribution in [1.82, 2.24) is 16.0 Å². The topological polar surface area (TPSA) is 117 Å². The van der Waals surface area contributed by atoms with E-state index in [-0.39, 0.29) is 17.5 Å². The Hall–Kier alpha value is -3.26. The number of aromatic hydroxyl groups is 4. The van der Waals surface area contributed by atoms with Crippen LogP contribution in [0.4, 0.5) is 0 Å². The molecule has 3 aliphatic rings. The van der Waals surface area contributed by atoms with Crippen molar-refractivity contribution in [2.75, 3.05) is 19.6 Å². The predicted octanol–water partition coefficient (Wildman–Crippen LogP) is 5.20. The maximum Gasteiger partial charge on any atom is 0.157 e. The third-order valence-corrected chi connectivity index (χ3v) is 8.02. The summed E-state index contributed by atoms with van der Waals surface area (Å²) in [4.78, 5) is 0. The minimum Gasteiger partial charge on any atom is -0.508 e. The Morgan fingerprint density at radius 3 is 1.82 bits per heavy atom. The lowest BCUT2D eigenvalue weighted by Crippen LogP contribution is -2.29. The number of hydrogen-bond donors (Lipinski definition) is 7. The van der Waals surface area contributed by atoms with Crippen molar-refractivity contribution in [2.45, 2.75) is 71.5 Å². The van der Waals surface area contributed by atoms with Crippen LogP contribution < -0.4 is 16.0 Å². The molecule has 0 saturated heterocycles. The summed E-state index contributed by atoms with van der Waals surface area (Å²) in [7, 11) is 0. The van der Waals surface area contributed by atoms with Crippen LogP contribution in [0.5, 0.6) is 23.0 Å². The maximum absolute atomic E-state index is 9.57. The molecule has 0 spiro atoms. The minimum atomic E-state index is -0.0331. The van der Waals surface area contributed by atoms with Crippen LogP contribution in [0.2, 0.25) is 0 Å². The molecular weight excluding hydrogens is 490 g/mol. The summed E-state index contributed by atoms with van der Waals surface area (Å²) in [5.41, 5.74) is 8.46. The van der Waals surface area contributed by atoms with E-state index in [0.717, 1.165) is 62.0 Å². The normalized spacial score (nSPS) is 21.2. The van der Waals surface area contributed by atoms with Gasteiger partial charge in [0.25, 0.3) is 0 Å². The van der Waals surface area contributed by atoms with Crippen LogP contribution in [0, 0.1) is 6.92 Å². The minimum absolute atomic E-state index is 0.0205. The van der Waals surface area contributed by atoms with Crippen molar-refractivity contribution < 1.29 is 20.4 Å². The summed E-state index contributed by atoms with van der Waals surface area (Å²) in [5, 5.41) is 47.7. The fourth-order valence-electron chi connectivity index (χ4n) is 5.70. The van der Waals surface area contributed by atoms with Crippen molar-refractivity contribution in [3.63, 3.8) is 0 Å². The van der Waals surface area contributed by atoms with E-state index in [0.29, 0.717) is 23.6 Å². The zero-order valence-corrected chi connectivity index (χ0v) is 23.5. The quantitative estimate of drug-likeness (QED) is 0.215. The van der Waals surface area contributed by atoms with Crippen LogP contribution in [-0.2, 0) is 19.3 Å². The van der Waals surface area contributed by atoms with Crippen LogP contribution >= 0.6 is 0 Å². The molecule has 0 radical (unpaired) electrons. The lowest BCUT2D eigenvalue weighted by molar-refractivity contribution is 0.399. The second-order valence-corrected chi connectivity index (χ2v) is 10.8. The first kappa shape index (κ1) is 28.7. The second-order valence-electron chi connectivity index (χ2n) is 10.8. The third-order valence-electron chi connectivity index (χ3n) is 8.02. The molecule has 0 amide bonds. The van der Waals surface area contributed by atoms with Crippen LogP contribution in [0.15, 0.2) is 42.5 Å². The van der Waals surface area contributed by atoms with Gasteiger partial charge >= 0.3 is 0 Å². The molecule has 3 aliphatic heterocycles. The van der Waals surface area contributed by atoms with Gasteiger partial charge in [0.1, 0.15) is 11.5 Å². The van der Waals surface area contributed by atoms with Gasteiger partial charge in [0, 0.05) is 18.1 Å². The first-order valence-corrected chi connectivity index (χ1v) is 14.1. The Labute approximate surface area is 231 Å². The fourth-order valence-corrected chi connectivity index (χ4v) is 5.70. The molecule has 7 heteroatoms. The lowest BCUT2D eigenvalue weighted by Gasteiger charge is -2.25. The summed E-state index contributed by atoms with van der Waals surface area (Å²) >= 11 is 0. The molecule has 3 aromatic rings. The SMILES string of the molecule is CC1NCCc2cc(O)c(O)cc21.CCC1NCCc2ccc(O)cc21.Cc1cc2c(cc1O)C(C)NCC2. The van der Waals surface area contributed by atoms with E-state index in [2.05, 4.69) is 42.8 Å². The zero-order valence-electron chi connectivity index (χ0n) is 23.5. The van der Waals surface area contributed by atoms with Gasteiger partial charge < -0.3 is 36.4 Å². The van der Waals surface area contributed by atoms with E-state index in [4.69, 9.17) is 0 Å². The Bertz CT molecular complexity index is 1230. The monoisotopic (exact) mass is 533 g/mol. The molecule has 0 saturated carbocycles. The standard InChI is InChI=1S/2C11H15NO.C10H13NO2/c1-7-5-9-3-4-12-8(2)10(9)6-11(7)13;1-2-11-10-7-9(13)4-3-8(10)5-6-12-11;1-6-8-5-10(13)9(12)4-7(8)2-3-11-6/h5-6,8,12-13H,3-4H2,1-2H3;3-4,7,11-13H,2,5-6H2,1H3;4-6,11-13H,2-3H2,1H3. The first-order valence-electron chi connectivity index (χ1n) is 14.1. The highest BCUT2D eigenvalue weighted by atomic mass is 16.3. The number of benzene rings is 3. The number of fused-ring (bicyclic) bond motifs is 3. The van der Waals surface area contributed by atoms with Gasteiger partial charge in [-0.2, -0.15) is 0 Å². The Kier molecular flexibility index (Phi) is 9.38. The number of rotatable bonds is 1. The van der Waals surface area contributed by atoms with Crippen molar-refractivity contribution in [1.29, 1.82) is 0 Å². The smallest absolute Gasteiger partial charge is 0.157 e. The molecule has 39 heavy (non-hydrogen) atoms. The number of nitrogens with one attached hydrogen (secondary N) is 3. The van der Waals surface area contributed by atoms with Gasteiger partial charge in [-0.3, -0.25) is 0 Å². The number of aryl methyl sites for hydroxylation is 1. The average molecular weight is 534 g/mol. The van der Waals surface area contributed by atoms with Crippen LogP contribution in [-0.4, -0.2) is 40.1 Å². The molecule has 3 aromatic carbocycles. The van der Waals surface area contributed by atoms with E-state index in [1.54, 1.807) is 18.2 Å². The molecule has 0 aliphatic carbocycles. The highest BCUT2D eigenvalue weighted by molar-refractivity contribution is 5.47. The maximum atomic E-state index is 9.57. The van der Waals surface area contributed by atoms with Crippen LogP contribution in [0.3, 0.4) is 0 Å². The third kappa shape index (κ3) is 6.85. The zero-order chi connectivity index (χ0) is 28.1. The molecule has 3 heterocycles. The lowest BCUT2D eigenvalue weighted by atomic mass is 9.93. The first-order chi connectivity index (χ1) is 18.7. The van der Waals surface area contributed by atoms with Gasteiger partial charge in [-0.1, -0.05) is 19.1 Å². The molecule has 3 unspecified atom stereocenters. The molecule has 210 valence electrons. The van der Waals surface area contributed by atoms with Gasteiger partial charge in [0.2, 0.25) is 0 Å². The van der Waals surface area contributed by atoms with Gasteiger partial charge in [-0.15, -0.1) is 0 Å². The second kappa shape index (κ2) is 12.7. The number of phenols is 4. The number of hydrogen-bond acceptors (Lipinski definition) is 7. The highest BCUT2D eigenvalue weighted by Gasteiger charge is 2.19. The van der Waals surface area contributed by atoms with Gasteiger partial charge in [-0.05, 0) is 135 Å². The highest BCUT2D eigenvalue weighted by Crippen LogP contribution is 2.33. The van der Waals surface area contributed by atoms with E-state index >= 15 is 0 Å². The molecule has 0 fully saturated rings. The van der Waals surface area contributed by atoms with Gasteiger partial charge in [0.05, 0.1) is 0 Å². The number of phenolic OH excluding ortho intramolecular Hbond substituents is 4. The van der Waals surface area contributed by atoms with Crippen LogP contribution in [0.25, 0.3) is 0 Å². The van der Waals surface area contributed by atoms with Gasteiger partial charge in [-0.25, -0.2) is 0 Å². The van der Waals surface area contributed by atoms with Crippen LogP contribution in [0.1, 0.15) is 84.3 Å². The predicted molar refractivity (Wildman–Crippen MR) is 156 cm³/mol. The average Bonchev–Trinajstić information content (AvgIpc) is 2.92. The summed E-state index contributed by atoms with van der Waals surface area (Å²) in [6.45, 7) is 11.3. The molecular formula is C32H43N3O4. The molecule has 6 rings (SSSR count). The van der Waals surface area contributed by atoms with E-state index in [1.807, 2.05) is 25.1 Å². The summed E-state index contributed by atoms with van der Waals surface area (Å²) in [6.07, 6.45) is 4.14. The summed E-state index contributed by atoms with van der Waals surface area (Å²) in [6, 6.07) is 14.0. The molecule has 0 bridgehead atoms. The molecule has 0 aromatic heterocycles. The Morgan fingerprint density at radius 2 is 1.18 bits per heavy atom. The molecule has 7 N–H and O–H groups in total. The fraction of sp³-hybridized carbons (Fsp3) is 0.438.